The van der Waals surface area contributed by atoms with Gasteiger partial charge < -0.3 is 5.73 Å². The normalized spacial score (nSPS) is 27.3. The van der Waals surface area contributed by atoms with Gasteiger partial charge in [0.1, 0.15) is 0 Å². The second kappa shape index (κ2) is 3.80. The van der Waals surface area contributed by atoms with Crippen LogP contribution in [0, 0.1) is 11.3 Å². The zero-order chi connectivity index (χ0) is 11.9. The predicted octanol–water partition coefficient (Wildman–Crippen LogP) is 0.838. The van der Waals surface area contributed by atoms with E-state index in [2.05, 4.69) is 0 Å². The summed E-state index contributed by atoms with van der Waals surface area (Å²) in [4.78, 5) is 25.3. The van der Waals surface area contributed by atoms with E-state index in [4.69, 9.17) is 18.0 Å². The Morgan fingerprint density at radius 2 is 2.19 bits per heavy atom. The quantitative estimate of drug-likeness (QED) is 0.584. The van der Waals surface area contributed by atoms with Gasteiger partial charge in [0.05, 0.1) is 4.99 Å². The van der Waals surface area contributed by atoms with Crippen LogP contribution in [0.25, 0.3) is 0 Å². The van der Waals surface area contributed by atoms with E-state index in [1.807, 2.05) is 0 Å². The molecule has 2 rings (SSSR count). The van der Waals surface area contributed by atoms with Gasteiger partial charge in [-0.05, 0) is 18.3 Å². The third kappa shape index (κ3) is 2.09. The van der Waals surface area contributed by atoms with Crippen LogP contribution < -0.4 is 5.73 Å². The molecule has 0 bridgehead atoms. The molecule has 4 nitrogen and oxygen atoms in total. The first-order chi connectivity index (χ1) is 7.43. The van der Waals surface area contributed by atoms with Crippen molar-refractivity contribution in [2.24, 2.45) is 17.1 Å². The van der Waals surface area contributed by atoms with Crippen LogP contribution in [0.4, 0.5) is 0 Å². The summed E-state index contributed by atoms with van der Waals surface area (Å²) in [5.41, 5.74) is 5.53. The van der Waals surface area contributed by atoms with E-state index in [1.165, 1.54) is 4.90 Å². The summed E-state index contributed by atoms with van der Waals surface area (Å²) < 4.78 is 0. The minimum absolute atomic E-state index is 0.00120. The molecule has 5 heteroatoms. The Bertz CT molecular complexity index is 363. The summed E-state index contributed by atoms with van der Waals surface area (Å²) in [5, 5.41) is 0. The number of nitrogens with two attached hydrogens (primary N) is 1. The van der Waals surface area contributed by atoms with Crippen LogP contribution in [0.1, 0.15) is 32.6 Å². The maximum Gasteiger partial charge on any atom is 0.232 e. The van der Waals surface area contributed by atoms with E-state index in [9.17, 15) is 9.59 Å². The molecule has 2 aliphatic rings. The second-order valence-electron chi connectivity index (χ2n) is 5.07. The molecule has 1 aliphatic carbocycles. The maximum absolute atomic E-state index is 11.7. The number of imide groups is 1. The number of thiocarbonyl (C=S) groups is 1. The Kier molecular flexibility index (Phi) is 2.74. The fourth-order valence-electron chi connectivity index (χ4n) is 2.29. The van der Waals surface area contributed by atoms with Gasteiger partial charge in [0.25, 0.3) is 0 Å². The van der Waals surface area contributed by atoms with Crippen LogP contribution >= 0.6 is 12.2 Å². The van der Waals surface area contributed by atoms with Crippen molar-refractivity contribution in [1.82, 2.24) is 4.90 Å². The van der Waals surface area contributed by atoms with Crippen LogP contribution in [0.5, 0.6) is 0 Å². The number of hydrogen-bond acceptors (Lipinski definition) is 3. The number of amides is 2. The minimum Gasteiger partial charge on any atom is -0.393 e. The van der Waals surface area contributed by atoms with Crippen LogP contribution in [0.15, 0.2) is 0 Å². The fraction of sp³-hybridized carbons (Fsp3) is 0.727. The monoisotopic (exact) mass is 240 g/mol. The van der Waals surface area contributed by atoms with E-state index < -0.39 is 0 Å². The summed E-state index contributed by atoms with van der Waals surface area (Å²) in [6.45, 7) is 2.31. The molecule has 1 atom stereocenters. The van der Waals surface area contributed by atoms with Crippen molar-refractivity contribution in [1.29, 1.82) is 0 Å². The van der Waals surface area contributed by atoms with Crippen LogP contribution in [0.3, 0.4) is 0 Å². The Morgan fingerprint density at radius 3 is 2.56 bits per heavy atom. The summed E-state index contributed by atoms with van der Waals surface area (Å²) >= 11 is 4.90. The number of carbonyl (C=O) groups is 2. The van der Waals surface area contributed by atoms with Crippen molar-refractivity contribution >= 4 is 29.0 Å². The van der Waals surface area contributed by atoms with E-state index in [0.29, 0.717) is 24.4 Å². The van der Waals surface area contributed by atoms with Crippen molar-refractivity contribution in [2.75, 3.05) is 6.54 Å². The van der Waals surface area contributed by atoms with Gasteiger partial charge in [0.2, 0.25) is 11.8 Å². The van der Waals surface area contributed by atoms with Crippen LogP contribution in [-0.4, -0.2) is 28.2 Å². The van der Waals surface area contributed by atoms with Crippen molar-refractivity contribution in [2.45, 2.75) is 32.6 Å². The van der Waals surface area contributed by atoms with Crippen molar-refractivity contribution in [3.8, 4) is 0 Å². The molecule has 0 aromatic carbocycles. The highest BCUT2D eigenvalue weighted by atomic mass is 32.1. The molecule has 1 heterocycles. The van der Waals surface area contributed by atoms with E-state index in [-0.39, 0.29) is 23.1 Å². The zero-order valence-corrected chi connectivity index (χ0v) is 10.2. The summed E-state index contributed by atoms with van der Waals surface area (Å²) in [7, 11) is 0. The highest BCUT2D eigenvalue weighted by molar-refractivity contribution is 7.80. The number of hydrogen-bond donors (Lipinski definition) is 1. The molecule has 1 unspecified atom stereocenters. The molecular weight excluding hydrogens is 224 g/mol. The topological polar surface area (TPSA) is 63.4 Å². The van der Waals surface area contributed by atoms with Gasteiger partial charge in [-0.2, -0.15) is 0 Å². The number of nitrogens with zero attached hydrogens (tertiary/aromatic N) is 1. The minimum atomic E-state index is -0.159. The smallest absolute Gasteiger partial charge is 0.232 e. The molecule has 1 saturated heterocycles. The molecule has 0 radical (unpaired) electrons. The molecule has 2 N–H and O–H groups in total. The van der Waals surface area contributed by atoms with Crippen LogP contribution in [0.2, 0.25) is 0 Å². The predicted molar refractivity (Wildman–Crippen MR) is 63.6 cm³/mol. The maximum atomic E-state index is 11.7. The van der Waals surface area contributed by atoms with Crippen LogP contribution in [-0.2, 0) is 9.59 Å². The average Bonchev–Trinajstić information content (AvgIpc) is 2.87. The van der Waals surface area contributed by atoms with Gasteiger partial charge >= 0.3 is 0 Å². The molecule has 16 heavy (non-hydrogen) atoms. The van der Waals surface area contributed by atoms with Gasteiger partial charge in [0.15, 0.2) is 0 Å². The lowest BCUT2D eigenvalue weighted by molar-refractivity contribution is -0.140. The molecule has 0 aromatic rings. The third-order valence-electron chi connectivity index (χ3n) is 3.47. The molecule has 1 aliphatic heterocycles. The molecule has 1 saturated carbocycles. The highest BCUT2D eigenvalue weighted by Crippen LogP contribution is 2.50. The highest BCUT2D eigenvalue weighted by Gasteiger charge is 2.48. The number of likely N-dealkylation sites (tertiary alicyclic amines) is 1. The van der Waals surface area contributed by atoms with E-state index >= 15 is 0 Å². The standard InChI is InChI=1S/C11H16N2O2S/c1-7-4-9(14)13(10(7)15)6-11(2-3-11)5-8(12)16/h7H,2-6H2,1H3,(H2,12,16). The number of rotatable bonds is 4. The summed E-state index contributed by atoms with van der Waals surface area (Å²) in [5.74, 6) is -0.251. The van der Waals surface area contributed by atoms with E-state index in [1.54, 1.807) is 6.92 Å². The van der Waals surface area contributed by atoms with Gasteiger partial charge in [-0.15, -0.1) is 0 Å². The molecule has 0 aromatic heterocycles. The molecule has 2 amide bonds. The first-order valence-electron chi connectivity index (χ1n) is 5.56. The van der Waals surface area contributed by atoms with Crippen molar-refractivity contribution in [3.63, 3.8) is 0 Å². The lowest BCUT2D eigenvalue weighted by Gasteiger charge is -2.21. The lowest BCUT2D eigenvalue weighted by atomic mass is 10.0. The Labute approximate surface area is 100 Å². The summed E-state index contributed by atoms with van der Waals surface area (Å²) in [6.07, 6.45) is 3.02. The Morgan fingerprint density at radius 1 is 1.56 bits per heavy atom. The van der Waals surface area contributed by atoms with Gasteiger partial charge in [-0.3, -0.25) is 14.5 Å². The molecular formula is C11H16N2O2S. The second-order valence-corrected chi connectivity index (χ2v) is 5.59. The SMILES string of the molecule is CC1CC(=O)N(CC2(CC(N)=S)CC2)C1=O. The van der Waals surface area contributed by atoms with E-state index in [0.717, 1.165) is 12.8 Å². The van der Waals surface area contributed by atoms with Gasteiger partial charge in [-0.25, -0.2) is 0 Å². The van der Waals surface area contributed by atoms with Crippen molar-refractivity contribution in [3.05, 3.63) is 0 Å². The average molecular weight is 240 g/mol. The Hall–Kier alpha value is -0.970. The largest absolute Gasteiger partial charge is 0.393 e. The summed E-state index contributed by atoms with van der Waals surface area (Å²) in [6, 6.07) is 0. The van der Waals surface area contributed by atoms with Gasteiger partial charge in [0, 0.05) is 25.3 Å². The fourth-order valence-corrected chi connectivity index (χ4v) is 2.59. The van der Waals surface area contributed by atoms with Crippen molar-refractivity contribution < 1.29 is 9.59 Å². The third-order valence-corrected chi connectivity index (χ3v) is 3.61. The number of carbonyl (C=O) groups excluding carboxylic acids is 2. The molecule has 88 valence electrons. The first kappa shape index (κ1) is 11.5. The zero-order valence-electron chi connectivity index (χ0n) is 9.36. The molecule has 0 spiro atoms. The first-order valence-corrected chi connectivity index (χ1v) is 5.97. The lowest BCUT2D eigenvalue weighted by Crippen LogP contribution is -2.37. The molecule has 2 fully saturated rings. The van der Waals surface area contributed by atoms with Gasteiger partial charge in [-0.1, -0.05) is 19.1 Å². The Balaban J connectivity index is 2.02.